The molecule has 0 aliphatic carbocycles. The quantitative estimate of drug-likeness (QED) is 0.622. The van der Waals surface area contributed by atoms with Crippen LogP contribution in [0.15, 0.2) is 22.8 Å². The number of tetrazole rings is 1. The number of fused-ring (bicyclic) bond motifs is 1. The predicted octanol–water partition coefficient (Wildman–Crippen LogP) is 0.306. The Morgan fingerprint density at radius 2 is 2.40 bits per heavy atom. The van der Waals surface area contributed by atoms with Gasteiger partial charge in [-0.15, -0.1) is 4.52 Å². The molecular weight excluding hydrogens is 196 g/mol. The van der Waals surface area contributed by atoms with Crippen LogP contribution in [-0.4, -0.2) is 15.5 Å². The number of halogens is 1. The van der Waals surface area contributed by atoms with Crippen molar-refractivity contribution in [2.45, 2.75) is 0 Å². The third-order valence-electron chi connectivity index (χ3n) is 1.20. The first-order valence-corrected chi connectivity index (χ1v) is 3.53. The van der Waals surface area contributed by atoms with Crippen LogP contribution in [-0.2, 0) is 0 Å². The number of hydrogen-bond acceptors (Lipinski definition) is 2. The molecule has 0 radical (unpaired) electrons. The molecule has 0 aliphatic heterocycles. The average Bonchev–Trinajstić information content (AvgIpc) is 2.33. The fourth-order valence-corrected chi connectivity index (χ4v) is 1.09. The van der Waals surface area contributed by atoms with Gasteiger partial charge in [-0.3, -0.25) is 0 Å². The molecule has 0 aromatic carbocycles. The molecule has 2 heterocycles. The fourth-order valence-electron chi connectivity index (χ4n) is 0.750. The van der Waals surface area contributed by atoms with Gasteiger partial charge in [0.1, 0.15) is 11.3 Å². The van der Waals surface area contributed by atoms with Gasteiger partial charge in [0.25, 0.3) is 0 Å². The summed E-state index contributed by atoms with van der Waals surface area (Å²) < 4.78 is 2.72. The number of aromatic nitrogens is 4. The standard InChI is InChI=1S/C5H3BrN4/c6-4-1-2-5-7-8-9-10(5)3-4/h1-3H/p+1. The second-order valence-corrected chi connectivity index (χ2v) is 2.79. The molecule has 0 saturated heterocycles. The molecule has 0 amide bonds. The molecular formula is C5H4BrN4+. The second-order valence-electron chi connectivity index (χ2n) is 1.88. The van der Waals surface area contributed by atoms with E-state index in [0.717, 1.165) is 10.1 Å². The van der Waals surface area contributed by atoms with Gasteiger partial charge in [-0.1, -0.05) is 5.21 Å². The average molecular weight is 200 g/mol. The van der Waals surface area contributed by atoms with E-state index in [1.807, 2.05) is 18.3 Å². The molecule has 10 heavy (non-hydrogen) atoms. The third-order valence-corrected chi connectivity index (χ3v) is 1.66. The number of pyridine rings is 1. The minimum Gasteiger partial charge on any atom is -0.130 e. The van der Waals surface area contributed by atoms with Gasteiger partial charge in [0.2, 0.25) is 0 Å². The Morgan fingerprint density at radius 1 is 1.50 bits per heavy atom. The summed E-state index contributed by atoms with van der Waals surface area (Å²) in [5, 5.41) is 10.1. The zero-order chi connectivity index (χ0) is 6.97. The number of nitrogens with one attached hydrogen (secondary N) is 1. The molecule has 0 unspecified atom stereocenters. The van der Waals surface area contributed by atoms with Crippen LogP contribution >= 0.6 is 15.9 Å². The van der Waals surface area contributed by atoms with E-state index in [1.54, 1.807) is 4.52 Å². The van der Waals surface area contributed by atoms with E-state index in [0.29, 0.717) is 0 Å². The van der Waals surface area contributed by atoms with E-state index in [9.17, 15) is 0 Å². The molecule has 0 aliphatic rings. The van der Waals surface area contributed by atoms with Crippen LogP contribution in [0.2, 0.25) is 0 Å². The molecule has 0 fully saturated rings. The van der Waals surface area contributed by atoms with Crippen molar-refractivity contribution in [2.24, 2.45) is 0 Å². The molecule has 2 aromatic heterocycles. The summed E-state index contributed by atoms with van der Waals surface area (Å²) in [6.45, 7) is 0. The predicted molar refractivity (Wildman–Crippen MR) is 37.2 cm³/mol. The fraction of sp³-hybridized carbons (Fsp3) is 0. The van der Waals surface area contributed by atoms with Crippen molar-refractivity contribution in [1.82, 2.24) is 15.5 Å². The molecule has 0 bridgehead atoms. The smallest absolute Gasteiger partial charge is 0.130 e. The van der Waals surface area contributed by atoms with E-state index in [-0.39, 0.29) is 0 Å². The van der Waals surface area contributed by atoms with Gasteiger partial charge in [-0.2, -0.15) is 0 Å². The van der Waals surface area contributed by atoms with E-state index >= 15 is 0 Å². The van der Waals surface area contributed by atoms with Gasteiger partial charge in [-0.05, 0) is 22.0 Å². The molecule has 2 rings (SSSR count). The minimum atomic E-state index is 0.809. The molecule has 0 spiro atoms. The zero-order valence-corrected chi connectivity index (χ0v) is 6.54. The number of hydrogen-bond donors (Lipinski definition) is 1. The highest BCUT2D eigenvalue weighted by atomic mass is 79.9. The Hall–Kier alpha value is -0.970. The van der Waals surface area contributed by atoms with Crippen molar-refractivity contribution in [3.63, 3.8) is 0 Å². The largest absolute Gasteiger partial charge is 0.329 e. The summed E-state index contributed by atoms with van der Waals surface area (Å²) >= 11 is 3.32. The lowest BCUT2D eigenvalue weighted by Crippen LogP contribution is -2.22. The van der Waals surface area contributed by atoms with Crippen LogP contribution in [0.3, 0.4) is 0 Å². The highest BCUT2D eigenvalue weighted by molar-refractivity contribution is 9.10. The summed E-state index contributed by atoms with van der Waals surface area (Å²) in [6.07, 6.45) is 1.86. The topological polar surface area (TPSA) is 45.7 Å². The van der Waals surface area contributed by atoms with Crippen molar-refractivity contribution in [3.05, 3.63) is 22.8 Å². The lowest BCUT2D eigenvalue weighted by atomic mass is 10.5. The first kappa shape index (κ1) is 5.79. The van der Waals surface area contributed by atoms with E-state index in [1.165, 1.54) is 0 Å². The molecule has 0 atom stereocenters. The van der Waals surface area contributed by atoms with Gasteiger partial charge in [0, 0.05) is 6.07 Å². The van der Waals surface area contributed by atoms with Crippen molar-refractivity contribution >= 4 is 21.6 Å². The zero-order valence-electron chi connectivity index (χ0n) is 4.95. The first-order valence-electron chi connectivity index (χ1n) is 2.74. The normalized spacial score (nSPS) is 10.5. The van der Waals surface area contributed by atoms with Crippen LogP contribution in [0.25, 0.3) is 5.65 Å². The van der Waals surface area contributed by atoms with E-state index in [4.69, 9.17) is 0 Å². The SMILES string of the molecule is Brc1ccc2nn[nH][n+]2c1. The first-order chi connectivity index (χ1) is 4.86. The number of H-pyrrole nitrogens is 1. The molecule has 4 nitrogen and oxygen atoms in total. The molecule has 0 saturated carbocycles. The van der Waals surface area contributed by atoms with Crippen molar-refractivity contribution in [3.8, 4) is 0 Å². The van der Waals surface area contributed by atoms with Gasteiger partial charge >= 0.3 is 5.65 Å². The number of rotatable bonds is 0. The van der Waals surface area contributed by atoms with Crippen molar-refractivity contribution in [1.29, 1.82) is 0 Å². The molecule has 5 heteroatoms. The summed E-state index contributed by atoms with van der Waals surface area (Å²) in [5.74, 6) is 0. The minimum absolute atomic E-state index is 0.809. The van der Waals surface area contributed by atoms with E-state index in [2.05, 4.69) is 31.5 Å². The van der Waals surface area contributed by atoms with Gasteiger partial charge in [0.05, 0.1) is 4.47 Å². The van der Waals surface area contributed by atoms with Crippen molar-refractivity contribution in [2.75, 3.05) is 0 Å². The molecule has 1 N–H and O–H groups in total. The third kappa shape index (κ3) is 0.786. The summed E-state index contributed by atoms with van der Waals surface area (Å²) in [7, 11) is 0. The van der Waals surface area contributed by atoms with Crippen LogP contribution in [0.5, 0.6) is 0 Å². The Kier molecular flexibility index (Phi) is 1.17. The van der Waals surface area contributed by atoms with Gasteiger partial charge in [0.15, 0.2) is 5.21 Å². The van der Waals surface area contributed by atoms with E-state index < -0.39 is 0 Å². The Balaban J connectivity index is 2.86. The maximum Gasteiger partial charge on any atom is 0.329 e. The monoisotopic (exact) mass is 199 g/mol. The lowest BCUT2D eigenvalue weighted by molar-refractivity contribution is -0.582. The summed E-state index contributed by atoms with van der Waals surface area (Å²) in [4.78, 5) is 0. The van der Waals surface area contributed by atoms with Crippen molar-refractivity contribution < 1.29 is 4.52 Å². The van der Waals surface area contributed by atoms with Crippen LogP contribution in [0.1, 0.15) is 0 Å². The molecule has 50 valence electrons. The summed E-state index contributed by atoms with van der Waals surface area (Å²) in [5.41, 5.74) is 0.809. The van der Waals surface area contributed by atoms with Crippen LogP contribution in [0, 0.1) is 0 Å². The highest BCUT2D eigenvalue weighted by Crippen LogP contribution is 2.04. The number of aromatic amines is 1. The Bertz CT molecular complexity index is 355. The summed E-state index contributed by atoms with van der Waals surface area (Å²) in [6, 6.07) is 3.78. The van der Waals surface area contributed by atoms with Gasteiger partial charge in [-0.25, -0.2) is 0 Å². The Morgan fingerprint density at radius 3 is 3.30 bits per heavy atom. The van der Waals surface area contributed by atoms with Crippen LogP contribution < -0.4 is 4.52 Å². The maximum atomic E-state index is 3.80. The van der Waals surface area contributed by atoms with Gasteiger partial charge < -0.3 is 0 Å². The second kappa shape index (κ2) is 2.02. The lowest BCUT2D eigenvalue weighted by Gasteiger charge is -1.82. The van der Waals surface area contributed by atoms with Crippen LogP contribution in [0.4, 0.5) is 0 Å². The Labute approximate surface area is 65.0 Å². The highest BCUT2D eigenvalue weighted by Gasteiger charge is 2.02. The maximum absolute atomic E-state index is 3.80. The molecule has 2 aromatic rings. The number of nitrogens with zero attached hydrogens (tertiary/aromatic N) is 3.